The minimum Gasteiger partial charge on any atom is -0.301 e. The van der Waals surface area contributed by atoms with Crippen molar-refractivity contribution in [2.24, 2.45) is 0 Å². The van der Waals surface area contributed by atoms with Crippen LogP contribution in [0.25, 0.3) is 0 Å². The van der Waals surface area contributed by atoms with Crippen molar-refractivity contribution < 1.29 is 8.42 Å². The average molecular weight is 298 g/mol. The summed E-state index contributed by atoms with van der Waals surface area (Å²) in [6.07, 6.45) is 0. The van der Waals surface area contributed by atoms with Gasteiger partial charge in [0.15, 0.2) is 0 Å². The summed E-state index contributed by atoms with van der Waals surface area (Å²) in [7, 11) is -3.30. The molecule has 4 nitrogen and oxygen atoms in total. The first-order valence-electron chi connectivity index (χ1n) is 7.33. The van der Waals surface area contributed by atoms with Crippen LogP contribution in [0.4, 0.5) is 0 Å². The van der Waals surface area contributed by atoms with Gasteiger partial charge in [0.25, 0.3) is 0 Å². The normalized spacial score (nSPS) is 17.4. The molecule has 1 saturated heterocycles. The van der Waals surface area contributed by atoms with Crippen molar-refractivity contribution in [2.75, 3.05) is 32.7 Å². The molecule has 5 heteroatoms. The minimum absolute atomic E-state index is 0.401. The highest BCUT2D eigenvalue weighted by Gasteiger charge is 2.27. The van der Waals surface area contributed by atoms with Gasteiger partial charge in [-0.15, -0.1) is 0 Å². The number of aryl methyl sites for hydroxylation is 1. The second-order valence-corrected chi connectivity index (χ2v) is 6.59. The lowest BCUT2D eigenvalue weighted by Crippen LogP contribution is -2.48. The largest absolute Gasteiger partial charge is 0.301 e. The van der Waals surface area contributed by atoms with Crippen molar-refractivity contribution in [2.45, 2.75) is 32.6 Å². The maximum Gasteiger partial charge on any atom is 0.243 e. The number of hydrogen-bond donors (Lipinski definition) is 0. The molecule has 0 radical (unpaired) electrons. The number of hydrogen-bond acceptors (Lipinski definition) is 3. The fourth-order valence-corrected chi connectivity index (χ4v) is 3.57. The minimum atomic E-state index is -3.30. The van der Waals surface area contributed by atoms with Crippen molar-refractivity contribution in [1.82, 2.24) is 9.21 Å². The summed E-state index contributed by atoms with van der Waals surface area (Å²) in [5.41, 5.74) is 1.07. The van der Waals surface area contributed by atoms with Gasteiger partial charge in [0.05, 0.1) is 4.90 Å². The first-order valence-corrected chi connectivity index (χ1v) is 8.77. The van der Waals surface area contributed by atoms with Gasteiger partial charge >= 0.3 is 0 Å². The van der Waals surface area contributed by atoms with E-state index in [4.69, 9.17) is 0 Å². The summed E-state index contributed by atoms with van der Waals surface area (Å²) < 4.78 is 26.4. The maximum atomic E-state index is 12.4. The Balaban J connectivity index is 0.000000956. The Morgan fingerprint density at radius 3 is 1.95 bits per heavy atom. The molecule has 0 aromatic heterocycles. The van der Waals surface area contributed by atoms with Crippen LogP contribution in [0.15, 0.2) is 29.2 Å². The first kappa shape index (κ1) is 17.1. The third-order valence-corrected chi connectivity index (χ3v) is 5.35. The van der Waals surface area contributed by atoms with Gasteiger partial charge < -0.3 is 4.90 Å². The maximum absolute atomic E-state index is 12.4. The zero-order valence-corrected chi connectivity index (χ0v) is 13.8. The topological polar surface area (TPSA) is 40.6 Å². The summed E-state index contributed by atoms with van der Waals surface area (Å²) in [6.45, 7) is 11.9. The van der Waals surface area contributed by atoms with Gasteiger partial charge in [0, 0.05) is 26.2 Å². The van der Waals surface area contributed by atoms with E-state index < -0.39 is 10.0 Å². The van der Waals surface area contributed by atoms with Crippen LogP contribution in [0.1, 0.15) is 26.3 Å². The lowest BCUT2D eigenvalue weighted by molar-refractivity contribution is 0.196. The second-order valence-electron chi connectivity index (χ2n) is 4.65. The standard InChI is InChI=1S/C13H20N2O2S.C2H6/c1-3-14-8-10-15(11-9-14)18(16,17)13-6-4-12(2)5-7-13;1-2/h4-7H,3,8-11H2,1-2H3;1-2H3. The Kier molecular flexibility index (Phi) is 6.65. The van der Waals surface area contributed by atoms with Crippen molar-refractivity contribution in [3.63, 3.8) is 0 Å². The molecule has 1 heterocycles. The highest BCUT2D eigenvalue weighted by atomic mass is 32.2. The number of rotatable bonds is 3. The van der Waals surface area contributed by atoms with Gasteiger partial charge in [-0.25, -0.2) is 8.42 Å². The molecule has 20 heavy (non-hydrogen) atoms. The van der Waals surface area contributed by atoms with Crippen molar-refractivity contribution in [3.05, 3.63) is 29.8 Å². The lowest BCUT2D eigenvalue weighted by atomic mass is 10.2. The van der Waals surface area contributed by atoms with Crippen LogP contribution >= 0.6 is 0 Å². The zero-order chi connectivity index (χ0) is 15.2. The molecule has 0 saturated carbocycles. The molecule has 0 atom stereocenters. The molecule has 1 fully saturated rings. The predicted molar refractivity (Wildman–Crippen MR) is 83.4 cm³/mol. The second kappa shape index (κ2) is 7.76. The summed E-state index contributed by atoms with van der Waals surface area (Å²) in [4.78, 5) is 2.67. The van der Waals surface area contributed by atoms with E-state index in [0.717, 1.165) is 25.2 Å². The van der Waals surface area contributed by atoms with Gasteiger partial charge in [0.2, 0.25) is 10.0 Å². The van der Waals surface area contributed by atoms with E-state index in [-0.39, 0.29) is 0 Å². The monoisotopic (exact) mass is 298 g/mol. The van der Waals surface area contributed by atoms with Crippen LogP contribution in [0.2, 0.25) is 0 Å². The third-order valence-electron chi connectivity index (χ3n) is 3.44. The van der Waals surface area contributed by atoms with E-state index in [0.29, 0.717) is 18.0 Å². The molecule has 114 valence electrons. The summed E-state index contributed by atoms with van der Waals surface area (Å²) in [6, 6.07) is 7.07. The Bertz CT molecular complexity index is 489. The Hall–Kier alpha value is -0.910. The van der Waals surface area contributed by atoms with E-state index in [1.807, 2.05) is 32.9 Å². The predicted octanol–water partition coefficient (Wildman–Crippen LogP) is 2.35. The van der Waals surface area contributed by atoms with Crippen LogP contribution in [0.5, 0.6) is 0 Å². The van der Waals surface area contributed by atoms with E-state index in [1.165, 1.54) is 0 Å². The summed E-state index contributed by atoms with van der Waals surface area (Å²) in [5.74, 6) is 0. The molecule has 0 bridgehead atoms. The van der Waals surface area contributed by atoms with Crippen LogP contribution < -0.4 is 0 Å². The Morgan fingerprint density at radius 1 is 1.00 bits per heavy atom. The molecule has 2 rings (SSSR count). The van der Waals surface area contributed by atoms with Gasteiger partial charge in [-0.05, 0) is 25.6 Å². The van der Waals surface area contributed by atoms with Crippen LogP contribution in [-0.2, 0) is 10.0 Å². The number of benzene rings is 1. The molecule has 1 aromatic carbocycles. The molecular weight excluding hydrogens is 272 g/mol. The molecule has 0 unspecified atom stereocenters. The first-order chi connectivity index (χ1) is 9.54. The molecule has 1 aromatic rings. The van der Waals surface area contributed by atoms with E-state index in [2.05, 4.69) is 11.8 Å². The molecule has 1 aliphatic rings. The smallest absolute Gasteiger partial charge is 0.243 e. The number of piperazine rings is 1. The zero-order valence-electron chi connectivity index (χ0n) is 13.0. The summed E-state index contributed by atoms with van der Waals surface area (Å²) >= 11 is 0. The van der Waals surface area contributed by atoms with Crippen molar-refractivity contribution >= 4 is 10.0 Å². The SMILES string of the molecule is CC.CCN1CCN(S(=O)(=O)c2ccc(C)cc2)CC1. The van der Waals surface area contributed by atoms with E-state index in [9.17, 15) is 8.42 Å². The van der Waals surface area contributed by atoms with Crippen LogP contribution in [0, 0.1) is 6.92 Å². The van der Waals surface area contributed by atoms with Crippen molar-refractivity contribution in [3.8, 4) is 0 Å². The molecule has 1 aliphatic heterocycles. The fourth-order valence-electron chi connectivity index (χ4n) is 2.15. The van der Waals surface area contributed by atoms with Crippen LogP contribution in [-0.4, -0.2) is 50.3 Å². The Labute approximate surface area is 123 Å². The molecule has 0 spiro atoms. The highest BCUT2D eigenvalue weighted by Crippen LogP contribution is 2.17. The molecule has 0 aliphatic carbocycles. The average Bonchev–Trinajstić information content (AvgIpc) is 2.50. The number of nitrogens with zero attached hydrogens (tertiary/aromatic N) is 2. The highest BCUT2D eigenvalue weighted by molar-refractivity contribution is 7.89. The van der Waals surface area contributed by atoms with Gasteiger partial charge in [-0.3, -0.25) is 0 Å². The molecule has 0 amide bonds. The number of likely N-dealkylation sites (N-methyl/N-ethyl adjacent to an activating group) is 1. The summed E-state index contributed by atoms with van der Waals surface area (Å²) in [5, 5.41) is 0. The molecule has 0 N–H and O–H groups in total. The van der Waals surface area contributed by atoms with Gasteiger partial charge in [0.1, 0.15) is 0 Å². The van der Waals surface area contributed by atoms with E-state index in [1.54, 1.807) is 16.4 Å². The van der Waals surface area contributed by atoms with Crippen molar-refractivity contribution in [1.29, 1.82) is 0 Å². The number of sulfonamides is 1. The van der Waals surface area contributed by atoms with E-state index >= 15 is 0 Å². The lowest BCUT2D eigenvalue weighted by Gasteiger charge is -2.33. The van der Waals surface area contributed by atoms with Gasteiger partial charge in [-0.1, -0.05) is 38.5 Å². The quantitative estimate of drug-likeness (QED) is 0.860. The van der Waals surface area contributed by atoms with Gasteiger partial charge in [-0.2, -0.15) is 4.31 Å². The van der Waals surface area contributed by atoms with Crippen LogP contribution in [0.3, 0.4) is 0 Å². The fraction of sp³-hybridized carbons (Fsp3) is 0.600. The Morgan fingerprint density at radius 2 is 1.50 bits per heavy atom. The third kappa shape index (κ3) is 4.04. The molecular formula is C15H26N2O2S.